The minimum Gasteiger partial charge on any atom is -0.308 e. The second kappa shape index (κ2) is 12.5. The van der Waals surface area contributed by atoms with Crippen LogP contribution in [0.4, 0.5) is 0 Å². The first-order chi connectivity index (χ1) is 30.8. The highest BCUT2D eigenvalue weighted by Crippen LogP contribution is 2.39. The fraction of sp³-hybridized carbons (Fsp3) is 0. The molecule has 286 valence electrons. The summed E-state index contributed by atoms with van der Waals surface area (Å²) < 4.78 is 9.02. The van der Waals surface area contributed by atoms with Crippen molar-refractivity contribution in [3.63, 3.8) is 0 Å². The van der Waals surface area contributed by atoms with Gasteiger partial charge in [-0.05, 0) is 79.8 Å². The van der Waals surface area contributed by atoms with Crippen molar-refractivity contribution in [1.82, 2.24) is 17.9 Å². The average molecular weight is 789 g/mol. The van der Waals surface area contributed by atoms with Gasteiger partial charge in [-0.1, -0.05) is 187 Å². The molecular weight excluding hydrogens is 754 g/mol. The van der Waals surface area contributed by atoms with Crippen LogP contribution in [0.15, 0.2) is 211 Å². The SMILES string of the molecule is O=c1n2c3ccccc3c3c2n2c4c(c5c(c6ccccc6n5-c5ccccc5)n14)B(c1ccccc1)c1c(-c4ccccc4)cc(-c4ccccc4)c(c1-2)B3c1ccccc1. The van der Waals surface area contributed by atoms with Crippen LogP contribution in [0.3, 0.4) is 0 Å². The van der Waals surface area contributed by atoms with Crippen molar-refractivity contribution < 1.29 is 0 Å². The van der Waals surface area contributed by atoms with Crippen LogP contribution in [0, 0.1) is 0 Å². The molecule has 0 atom stereocenters. The number of rotatable bonds is 5. The number of nitrogens with zero attached hydrogens (tertiary/aromatic N) is 4. The van der Waals surface area contributed by atoms with E-state index >= 15 is 4.79 Å². The van der Waals surface area contributed by atoms with Crippen LogP contribution < -0.4 is 38.5 Å². The van der Waals surface area contributed by atoms with Gasteiger partial charge in [0.25, 0.3) is 6.71 Å². The van der Waals surface area contributed by atoms with E-state index in [1.54, 1.807) is 0 Å². The Morgan fingerprint density at radius 1 is 0.371 bits per heavy atom. The van der Waals surface area contributed by atoms with Crippen molar-refractivity contribution in [3.05, 3.63) is 217 Å². The van der Waals surface area contributed by atoms with Gasteiger partial charge in [-0.25, -0.2) is 13.6 Å². The minimum atomic E-state index is -0.242. The van der Waals surface area contributed by atoms with Crippen molar-refractivity contribution in [2.75, 3.05) is 0 Å². The third-order valence-corrected chi connectivity index (χ3v) is 13.7. The first-order valence-electron chi connectivity index (χ1n) is 21.4. The normalized spacial score (nSPS) is 12.8. The van der Waals surface area contributed by atoms with Crippen LogP contribution in [0.2, 0.25) is 0 Å². The third-order valence-electron chi connectivity index (χ3n) is 13.7. The predicted octanol–water partition coefficient (Wildman–Crippen LogP) is 7.59. The molecular formula is C55H34B2N4O. The van der Waals surface area contributed by atoms with Gasteiger partial charge in [0.15, 0.2) is 0 Å². The Bertz CT molecular complexity index is 3870. The van der Waals surface area contributed by atoms with Crippen molar-refractivity contribution in [3.8, 4) is 33.6 Å². The topological polar surface area (TPSA) is 35.8 Å². The number of aromatic nitrogens is 4. The van der Waals surface area contributed by atoms with Gasteiger partial charge < -0.3 is 4.57 Å². The van der Waals surface area contributed by atoms with Crippen LogP contribution >= 0.6 is 0 Å². The average Bonchev–Trinajstić information content (AvgIpc) is 3.99. The van der Waals surface area contributed by atoms with Gasteiger partial charge >= 0.3 is 5.69 Å². The molecule has 7 heteroatoms. The lowest BCUT2D eigenvalue weighted by atomic mass is 9.30. The summed E-state index contributed by atoms with van der Waals surface area (Å²) in [5.41, 5.74) is 19.8. The van der Waals surface area contributed by atoms with E-state index in [4.69, 9.17) is 0 Å². The Labute approximate surface area is 357 Å². The van der Waals surface area contributed by atoms with E-state index in [0.717, 1.165) is 77.6 Å². The first kappa shape index (κ1) is 33.8. The maximum absolute atomic E-state index is 16.1. The summed E-state index contributed by atoms with van der Waals surface area (Å²) in [5, 5.41) is 2.13. The molecule has 0 bridgehead atoms. The molecule has 4 aromatic heterocycles. The molecule has 0 fully saturated rings. The van der Waals surface area contributed by atoms with Gasteiger partial charge in [-0.2, -0.15) is 0 Å². The summed E-state index contributed by atoms with van der Waals surface area (Å²) in [6.07, 6.45) is 0. The molecule has 12 aromatic rings. The molecule has 2 aliphatic rings. The molecule has 6 heterocycles. The quantitative estimate of drug-likeness (QED) is 0.166. The zero-order valence-electron chi connectivity index (χ0n) is 33.5. The monoisotopic (exact) mass is 788 g/mol. The zero-order valence-corrected chi connectivity index (χ0v) is 33.5. The van der Waals surface area contributed by atoms with Gasteiger partial charge in [0, 0.05) is 16.8 Å². The molecule has 0 unspecified atom stereocenters. The van der Waals surface area contributed by atoms with Crippen LogP contribution in [0.25, 0.3) is 77.8 Å². The number of hydrogen-bond donors (Lipinski definition) is 0. The van der Waals surface area contributed by atoms with Gasteiger partial charge in [0.2, 0.25) is 6.71 Å². The molecule has 5 nitrogen and oxygen atoms in total. The Hall–Kier alpha value is -8.02. The van der Waals surface area contributed by atoms with Crippen molar-refractivity contribution in [2.45, 2.75) is 0 Å². The van der Waals surface area contributed by atoms with Crippen molar-refractivity contribution in [1.29, 1.82) is 0 Å². The van der Waals surface area contributed by atoms with Crippen LogP contribution in [-0.4, -0.2) is 31.4 Å². The van der Waals surface area contributed by atoms with E-state index in [-0.39, 0.29) is 19.1 Å². The summed E-state index contributed by atoms with van der Waals surface area (Å²) in [6.45, 7) is -0.420. The van der Waals surface area contributed by atoms with Gasteiger partial charge in [-0.3, -0.25) is 4.57 Å². The van der Waals surface area contributed by atoms with E-state index < -0.39 is 0 Å². The second-order valence-corrected chi connectivity index (χ2v) is 16.7. The Kier molecular flexibility index (Phi) is 6.81. The van der Waals surface area contributed by atoms with Crippen molar-refractivity contribution in [2.24, 2.45) is 0 Å². The molecule has 8 aromatic carbocycles. The lowest BCUT2D eigenvalue weighted by Gasteiger charge is -2.37. The highest BCUT2D eigenvalue weighted by atomic mass is 16.1. The number of para-hydroxylation sites is 3. The standard InChI is InChI=1S/C55H34B2N4O/c62-55-59-44-32-18-16-30-40(44)48-53(59)60-51-46(56(48)37-24-10-3-11-25-37)42(35-20-6-1-7-21-35)34-43(36-22-8-2-9-23-36)47(51)57(38-26-12-4-13-27-38)49-52-50(61(55)54(49)60)41-31-17-19-33-45(41)58(52)39-28-14-5-15-29-39/h1-34H. The largest absolute Gasteiger partial charge is 0.340 e. The second-order valence-electron chi connectivity index (χ2n) is 16.7. The van der Waals surface area contributed by atoms with E-state index in [2.05, 4.69) is 220 Å². The molecule has 2 aliphatic heterocycles. The predicted molar refractivity (Wildman–Crippen MR) is 259 cm³/mol. The van der Waals surface area contributed by atoms with E-state index in [0.29, 0.717) is 0 Å². The molecule has 0 N–H and O–H groups in total. The maximum atomic E-state index is 16.1. The summed E-state index contributed by atoms with van der Waals surface area (Å²) in [4.78, 5) is 16.1. The first-order valence-corrected chi connectivity index (χ1v) is 21.4. The smallest absolute Gasteiger partial charge is 0.308 e. The molecule has 14 rings (SSSR count). The maximum Gasteiger partial charge on any atom is 0.340 e. The third kappa shape index (κ3) is 4.26. The summed E-state index contributed by atoms with van der Waals surface area (Å²) in [7, 11) is 0. The highest BCUT2D eigenvalue weighted by Gasteiger charge is 2.47. The minimum absolute atomic E-state index is 0.0612. The van der Waals surface area contributed by atoms with Crippen LogP contribution in [0.5, 0.6) is 0 Å². The van der Waals surface area contributed by atoms with Crippen LogP contribution in [0.1, 0.15) is 0 Å². The number of fused-ring (bicyclic) bond motifs is 8. The lowest BCUT2D eigenvalue weighted by molar-refractivity contribution is 0.917. The fourth-order valence-electron chi connectivity index (χ4n) is 11.4. The Morgan fingerprint density at radius 2 is 0.839 bits per heavy atom. The molecule has 62 heavy (non-hydrogen) atoms. The van der Waals surface area contributed by atoms with E-state index in [1.807, 2.05) is 4.40 Å². The molecule has 0 amide bonds. The summed E-state index contributed by atoms with van der Waals surface area (Å²) in [5.74, 6) is 0. The molecule has 0 saturated heterocycles. The molecule has 0 aliphatic carbocycles. The molecule has 0 spiro atoms. The van der Waals surface area contributed by atoms with E-state index in [9.17, 15) is 0 Å². The molecule has 0 radical (unpaired) electrons. The molecule has 0 saturated carbocycles. The van der Waals surface area contributed by atoms with E-state index in [1.165, 1.54) is 33.0 Å². The van der Waals surface area contributed by atoms with Crippen LogP contribution in [-0.2, 0) is 0 Å². The summed E-state index contributed by atoms with van der Waals surface area (Å²) in [6, 6.07) is 74.0. The summed E-state index contributed by atoms with van der Waals surface area (Å²) >= 11 is 0. The lowest BCUT2D eigenvalue weighted by Crippen LogP contribution is -2.64. The van der Waals surface area contributed by atoms with Gasteiger partial charge in [0.1, 0.15) is 11.3 Å². The highest BCUT2D eigenvalue weighted by molar-refractivity contribution is 7.03. The van der Waals surface area contributed by atoms with Crippen molar-refractivity contribution >= 4 is 90.3 Å². The number of hydrogen-bond acceptors (Lipinski definition) is 1. The zero-order chi connectivity index (χ0) is 40.6. The Morgan fingerprint density at radius 3 is 1.44 bits per heavy atom. The van der Waals surface area contributed by atoms with Gasteiger partial charge in [0.05, 0.1) is 22.1 Å². The van der Waals surface area contributed by atoms with Gasteiger partial charge in [-0.15, -0.1) is 0 Å². The Balaban J connectivity index is 1.34. The fourth-order valence-corrected chi connectivity index (χ4v) is 11.4. The number of benzene rings is 8.